The molecule has 0 aromatic rings. The number of ether oxygens (including phenoxy) is 1. The molecule has 1 saturated heterocycles. The Labute approximate surface area is 61.5 Å². The summed E-state index contributed by atoms with van der Waals surface area (Å²) < 4.78 is 4.93. The molecule has 0 saturated carbocycles. The summed E-state index contributed by atoms with van der Waals surface area (Å²) in [6.45, 7) is 4.73. The average molecular weight is 145 g/mol. The molecule has 3 heteroatoms. The molecular formula is C7H15NO2. The molecule has 1 fully saturated rings. The Morgan fingerprint density at radius 2 is 2.30 bits per heavy atom. The monoisotopic (exact) mass is 145 g/mol. The van der Waals surface area contributed by atoms with Crippen LogP contribution in [-0.4, -0.2) is 35.6 Å². The number of rotatable bonds is 3. The van der Waals surface area contributed by atoms with E-state index in [-0.39, 0.29) is 11.6 Å². The maximum absolute atomic E-state index is 9.23. The van der Waals surface area contributed by atoms with E-state index >= 15 is 0 Å². The first-order valence-corrected chi connectivity index (χ1v) is 3.64. The van der Waals surface area contributed by atoms with Gasteiger partial charge >= 0.3 is 0 Å². The quantitative estimate of drug-likeness (QED) is 0.598. The van der Waals surface area contributed by atoms with Gasteiger partial charge in [0.1, 0.15) is 0 Å². The van der Waals surface area contributed by atoms with Gasteiger partial charge in [0.05, 0.1) is 18.2 Å². The van der Waals surface area contributed by atoms with Crippen LogP contribution in [0.4, 0.5) is 0 Å². The molecule has 0 aromatic heterocycles. The molecule has 0 aliphatic carbocycles. The smallest absolute Gasteiger partial charge is 0.0794 e. The standard InChI is InChI=1S/C7H15NO2/c1-4-7(2)6(5-10-3)8(7)9/h6,9H,4-5H2,1-3H3. The van der Waals surface area contributed by atoms with Gasteiger partial charge < -0.3 is 9.94 Å². The van der Waals surface area contributed by atoms with Crippen molar-refractivity contribution in [3.8, 4) is 0 Å². The summed E-state index contributed by atoms with van der Waals surface area (Å²) in [7, 11) is 1.66. The summed E-state index contributed by atoms with van der Waals surface area (Å²) in [5.41, 5.74) is -0.0178. The second-order valence-electron chi connectivity index (χ2n) is 3.03. The van der Waals surface area contributed by atoms with Gasteiger partial charge in [-0.3, -0.25) is 0 Å². The highest BCUT2D eigenvalue weighted by atomic mass is 16.5. The Morgan fingerprint density at radius 3 is 2.60 bits per heavy atom. The van der Waals surface area contributed by atoms with Crippen molar-refractivity contribution in [1.82, 2.24) is 5.06 Å². The molecule has 1 N–H and O–H groups in total. The minimum atomic E-state index is -0.0178. The van der Waals surface area contributed by atoms with Crippen molar-refractivity contribution < 1.29 is 9.94 Å². The van der Waals surface area contributed by atoms with E-state index in [4.69, 9.17) is 4.74 Å². The lowest BCUT2D eigenvalue weighted by Crippen LogP contribution is -2.12. The van der Waals surface area contributed by atoms with E-state index in [9.17, 15) is 5.21 Å². The van der Waals surface area contributed by atoms with Gasteiger partial charge in [-0.2, -0.15) is 5.06 Å². The normalized spacial score (nSPS) is 45.6. The minimum Gasteiger partial charge on any atom is -0.383 e. The molecule has 0 aromatic carbocycles. The summed E-state index contributed by atoms with van der Waals surface area (Å²) in [5, 5.41) is 10.6. The van der Waals surface area contributed by atoms with Crippen molar-refractivity contribution >= 4 is 0 Å². The highest BCUT2D eigenvalue weighted by Gasteiger charge is 2.57. The number of methoxy groups -OCH3 is 1. The van der Waals surface area contributed by atoms with Crippen molar-refractivity contribution in [3.63, 3.8) is 0 Å². The molecule has 0 radical (unpaired) electrons. The van der Waals surface area contributed by atoms with E-state index < -0.39 is 0 Å². The molecular weight excluding hydrogens is 130 g/mol. The van der Waals surface area contributed by atoms with Crippen molar-refractivity contribution in [2.45, 2.75) is 31.8 Å². The molecule has 3 nitrogen and oxygen atoms in total. The lowest BCUT2D eigenvalue weighted by atomic mass is 10.1. The lowest BCUT2D eigenvalue weighted by Gasteiger charge is -2.01. The topological polar surface area (TPSA) is 32.5 Å². The van der Waals surface area contributed by atoms with Crippen LogP contribution in [0.15, 0.2) is 0 Å². The zero-order chi connectivity index (χ0) is 7.78. The molecule has 1 rings (SSSR count). The van der Waals surface area contributed by atoms with Crippen molar-refractivity contribution in [3.05, 3.63) is 0 Å². The second-order valence-corrected chi connectivity index (χ2v) is 3.03. The van der Waals surface area contributed by atoms with Crippen LogP contribution in [0.2, 0.25) is 0 Å². The van der Waals surface area contributed by atoms with Gasteiger partial charge in [0.15, 0.2) is 0 Å². The van der Waals surface area contributed by atoms with Crippen LogP contribution >= 0.6 is 0 Å². The predicted molar refractivity (Wildman–Crippen MR) is 38.0 cm³/mol. The largest absolute Gasteiger partial charge is 0.383 e. The van der Waals surface area contributed by atoms with Gasteiger partial charge in [0, 0.05) is 7.11 Å². The van der Waals surface area contributed by atoms with Crippen molar-refractivity contribution in [1.29, 1.82) is 0 Å². The van der Waals surface area contributed by atoms with Gasteiger partial charge in [-0.25, -0.2) is 0 Å². The van der Waals surface area contributed by atoms with E-state index in [2.05, 4.69) is 6.92 Å². The lowest BCUT2D eigenvalue weighted by molar-refractivity contribution is -0.0200. The maximum atomic E-state index is 9.23. The molecule has 0 amide bonds. The van der Waals surface area contributed by atoms with Gasteiger partial charge in [-0.15, -0.1) is 0 Å². The average Bonchev–Trinajstić information content (AvgIpc) is 2.43. The van der Waals surface area contributed by atoms with E-state index in [0.717, 1.165) is 6.42 Å². The number of hydrogen-bond acceptors (Lipinski definition) is 3. The van der Waals surface area contributed by atoms with Crippen LogP contribution in [-0.2, 0) is 4.74 Å². The van der Waals surface area contributed by atoms with Crippen LogP contribution in [0.1, 0.15) is 20.3 Å². The van der Waals surface area contributed by atoms with Crippen molar-refractivity contribution in [2.75, 3.05) is 13.7 Å². The highest BCUT2D eigenvalue weighted by molar-refractivity contribution is 5.08. The first-order chi connectivity index (χ1) is 4.66. The fourth-order valence-corrected chi connectivity index (χ4v) is 1.29. The molecule has 60 valence electrons. The number of hydroxylamine groups is 2. The molecule has 10 heavy (non-hydrogen) atoms. The SMILES string of the molecule is CCC1(C)C(COC)N1O. The third-order valence-electron chi connectivity index (χ3n) is 2.51. The Kier molecular flexibility index (Phi) is 1.99. The minimum absolute atomic E-state index is 0.0178. The second kappa shape index (κ2) is 2.49. The van der Waals surface area contributed by atoms with Crippen LogP contribution in [0.3, 0.4) is 0 Å². The van der Waals surface area contributed by atoms with Gasteiger partial charge in [-0.05, 0) is 13.3 Å². The van der Waals surface area contributed by atoms with Crippen LogP contribution in [0, 0.1) is 0 Å². The van der Waals surface area contributed by atoms with Crippen molar-refractivity contribution in [2.24, 2.45) is 0 Å². The predicted octanol–water partition coefficient (Wildman–Crippen LogP) is 0.875. The molecule has 0 bridgehead atoms. The molecule has 0 spiro atoms. The summed E-state index contributed by atoms with van der Waals surface area (Å²) >= 11 is 0. The van der Waals surface area contributed by atoms with Gasteiger partial charge in [0.2, 0.25) is 0 Å². The van der Waals surface area contributed by atoms with Crippen LogP contribution < -0.4 is 0 Å². The van der Waals surface area contributed by atoms with Gasteiger partial charge in [0.25, 0.3) is 0 Å². The summed E-state index contributed by atoms with van der Waals surface area (Å²) in [6, 6.07) is 0.211. The third-order valence-corrected chi connectivity index (χ3v) is 2.51. The van der Waals surface area contributed by atoms with Crippen LogP contribution in [0.25, 0.3) is 0 Å². The molecule has 1 heterocycles. The number of hydrogen-bond donors (Lipinski definition) is 1. The fraction of sp³-hybridized carbons (Fsp3) is 1.00. The van der Waals surface area contributed by atoms with E-state index in [1.54, 1.807) is 7.11 Å². The Morgan fingerprint density at radius 1 is 1.70 bits per heavy atom. The summed E-state index contributed by atoms with van der Waals surface area (Å²) in [6.07, 6.45) is 0.970. The fourth-order valence-electron chi connectivity index (χ4n) is 1.29. The molecule has 3 atom stereocenters. The highest BCUT2D eigenvalue weighted by Crippen LogP contribution is 2.41. The van der Waals surface area contributed by atoms with E-state index in [0.29, 0.717) is 6.61 Å². The molecule has 1 aliphatic heterocycles. The maximum Gasteiger partial charge on any atom is 0.0794 e. The zero-order valence-corrected chi connectivity index (χ0v) is 6.79. The zero-order valence-electron chi connectivity index (χ0n) is 6.79. The summed E-state index contributed by atoms with van der Waals surface area (Å²) in [5.74, 6) is 0. The Bertz CT molecular complexity index is 129. The Hall–Kier alpha value is -0.120. The molecule has 3 unspecified atom stereocenters. The van der Waals surface area contributed by atoms with Crippen LogP contribution in [0.5, 0.6) is 0 Å². The third kappa shape index (κ3) is 0.944. The first kappa shape index (κ1) is 7.98. The summed E-state index contributed by atoms with van der Waals surface area (Å²) in [4.78, 5) is 0. The van der Waals surface area contributed by atoms with Gasteiger partial charge in [-0.1, -0.05) is 6.92 Å². The Balaban J connectivity index is 2.39. The van der Waals surface area contributed by atoms with E-state index in [1.165, 1.54) is 5.06 Å². The molecule has 1 aliphatic rings. The van der Waals surface area contributed by atoms with E-state index in [1.807, 2.05) is 6.92 Å². The first-order valence-electron chi connectivity index (χ1n) is 3.64. The number of nitrogens with zero attached hydrogens (tertiary/aromatic N) is 1.